The van der Waals surface area contributed by atoms with Gasteiger partial charge in [0.25, 0.3) is 0 Å². The molecule has 6 aromatic rings. The first-order valence-electron chi connectivity index (χ1n) is 21.1. The second-order valence-corrected chi connectivity index (χ2v) is 23.3. The molecule has 0 aromatic heterocycles. The minimum atomic E-state index is -2.58. The summed E-state index contributed by atoms with van der Waals surface area (Å²) in [6.45, 7) is 4.79. The predicted octanol–water partition coefficient (Wildman–Crippen LogP) is 13.7. The molecule has 0 saturated carbocycles. The van der Waals surface area contributed by atoms with Crippen molar-refractivity contribution in [3.63, 3.8) is 0 Å². The fraction of sp³-hybridized carbons (Fsp3) is 0.255. The Balaban J connectivity index is 1.20. The number of fused-ring (bicyclic) bond motifs is 3. The molecule has 280 valence electrons. The molecule has 0 atom stereocenters. The van der Waals surface area contributed by atoms with E-state index in [1.54, 1.807) is 11.1 Å². The number of hydrogen-bond donors (Lipinski definition) is 0. The summed E-state index contributed by atoms with van der Waals surface area (Å²) in [7, 11) is 0. The van der Waals surface area contributed by atoms with Crippen molar-refractivity contribution in [3.8, 4) is 11.1 Å². The third-order valence-electron chi connectivity index (χ3n) is 12.3. The topological polar surface area (TPSA) is 0 Å². The number of hydrogen-bond acceptors (Lipinski definition) is 0. The molecular formula is C55H56Zr. The molecule has 0 saturated heterocycles. The van der Waals surface area contributed by atoms with Crippen molar-refractivity contribution in [3.05, 3.63) is 226 Å². The monoisotopic (exact) mass is 806 g/mol. The van der Waals surface area contributed by atoms with Gasteiger partial charge in [-0.25, -0.2) is 0 Å². The van der Waals surface area contributed by atoms with E-state index in [-0.39, 0.29) is 0 Å². The fourth-order valence-electron chi connectivity index (χ4n) is 9.34. The van der Waals surface area contributed by atoms with Crippen molar-refractivity contribution < 1.29 is 21.3 Å². The van der Waals surface area contributed by atoms with Crippen molar-refractivity contribution in [2.24, 2.45) is 0 Å². The van der Waals surface area contributed by atoms with E-state index in [2.05, 4.69) is 184 Å². The standard InChI is InChI=1S/C35H37.C15H14.C5H5.Zr/c1-26-21-32-23-33-22-27(2)31(20-12-10-18-29-15-7-4-8-16-29)25-35(33)34(32)24-30(26)19-11-9-17-28-13-5-3-6-14-28;1-3-8-14(9-4-1)12-7-13-15-10-5-2-6-11-15;1-2-4-5-3-1;/h3-8,13-16,21-25H,9-12,17-20H2,1-2H3;1-6,8-11H,12-13H2;1-5H;. The molecule has 0 nitrogen and oxygen atoms in total. The predicted molar refractivity (Wildman–Crippen MR) is 237 cm³/mol. The number of aryl methyl sites for hydroxylation is 6. The molecule has 0 heterocycles. The van der Waals surface area contributed by atoms with Crippen LogP contribution in [0.5, 0.6) is 0 Å². The van der Waals surface area contributed by atoms with Crippen molar-refractivity contribution in [2.75, 3.05) is 0 Å². The van der Waals surface area contributed by atoms with Gasteiger partial charge in [-0.05, 0) is 0 Å². The summed E-state index contributed by atoms with van der Waals surface area (Å²) in [5.41, 5.74) is 18.1. The van der Waals surface area contributed by atoms with Crippen LogP contribution in [0.1, 0.15) is 84.9 Å². The molecular weight excluding hydrogens is 752 g/mol. The average Bonchev–Trinajstić information content (AvgIpc) is 3.86. The van der Waals surface area contributed by atoms with Crippen LogP contribution in [0.3, 0.4) is 0 Å². The van der Waals surface area contributed by atoms with Crippen LogP contribution in [0.15, 0.2) is 170 Å². The van der Waals surface area contributed by atoms with Crippen molar-refractivity contribution >= 4 is 3.21 Å². The number of unbranched alkanes of at least 4 members (excludes halogenated alkanes) is 2. The SMILES string of the molecule is Cc1cc2c(cc1CCCCc1ccccc1)-c1cc(CCCCc3ccccc3)c(C)cc1[CH]2[Zr](=[C](Cc1ccccc1)Cc1ccccc1)[CH]1C=CC=C1. The van der Waals surface area contributed by atoms with Gasteiger partial charge in [-0.15, -0.1) is 0 Å². The van der Waals surface area contributed by atoms with Gasteiger partial charge >= 0.3 is 334 Å². The van der Waals surface area contributed by atoms with Crippen LogP contribution in [0, 0.1) is 13.8 Å². The third kappa shape index (κ3) is 9.22. The zero-order valence-corrected chi connectivity index (χ0v) is 35.8. The average molecular weight is 808 g/mol. The Morgan fingerprint density at radius 3 is 1.23 bits per heavy atom. The summed E-state index contributed by atoms with van der Waals surface area (Å²) < 4.78 is 2.85. The van der Waals surface area contributed by atoms with E-state index in [9.17, 15) is 0 Å². The van der Waals surface area contributed by atoms with Gasteiger partial charge in [0, 0.05) is 0 Å². The Kier molecular flexibility index (Phi) is 12.8. The Bertz CT molecular complexity index is 2150. The molecule has 0 spiro atoms. The Morgan fingerprint density at radius 1 is 0.446 bits per heavy atom. The van der Waals surface area contributed by atoms with Gasteiger partial charge in [0.1, 0.15) is 0 Å². The number of rotatable bonds is 16. The summed E-state index contributed by atoms with van der Waals surface area (Å²) in [5, 5.41) is 0. The summed E-state index contributed by atoms with van der Waals surface area (Å²) in [6.07, 6.45) is 21.4. The van der Waals surface area contributed by atoms with Gasteiger partial charge in [0.2, 0.25) is 0 Å². The van der Waals surface area contributed by atoms with Crippen molar-refractivity contribution in [1.82, 2.24) is 0 Å². The zero-order valence-electron chi connectivity index (χ0n) is 33.4. The summed E-state index contributed by atoms with van der Waals surface area (Å²) in [6, 6.07) is 55.3. The molecule has 0 radical (unpaired) electrons. The van der Waals surface area contributed by atoms with E-state index in [0.29, 0.717) is 7.25 Å². The van der Waals surface area contributed by atoms with Crippen LogP contribution in [0.25, 0.3) is 11.1 Å². The number of allylic oxidation sites excluding steroid dienone is 4. The van der Waals surface area contributed by atoms with Crippen molar-refractivity contribution in [1.29, 1.82) is 0 Å². The van der Waals surface area contributed by atoms with Crippen molar-refractivity contribution in [2.45, 2.75) is 85.3 Å². The zero-order chi connectivity index (χ0) is 38.1. The van der Waals surface area contributed by atoms with E-state index in [1.165, 1.54) is 81.3 Å². The Labute approximate surface area is 344 Å². The van der Waals surface area contributed by atoms with Crippen LogP contribution in [0.4, 0.5) is 0 Å². The van der Waals surface area contributed by atoms with Crippen LogP contribution < -0.4 is 0 Å². The molecule has 0 bridgehead atoms. The van der Waals surface area contributed by atoms with E-state index >= 15 is 0 Å². The van der Waals surface area contributed by atoms with Crippen LogP contribution in [0.2, 0.25) is 3.63 Å². The van der Waals surface area contributed by atoms with Gasteiger partial charge in [-0.2, -0.15) is 0 Å². The van der Waals surface area contributed by atoms with E-state index in [0.717, 1.165) is 38.5 Å². The molecule has 1 heteroatoms. The molecule has 0 N–H and O–H groups in total. The molecule has 0 amide bonds. The second-order valence-electron chi connectivity index (χ2n) is 16.2. The van der Waals surface area contributed by atoms with Gasteiger partial charge in [0.05, 0.1) is 0 Å². The molecule has 2 aliphatic rings. The van der Waals surface area contributed by atoms with Gasteiger partial charge in [-0.1, -0.05) is 12.1 Å². The fourth-order valence-corrected chi connectivity index (χ4v) is 18.8. The van der Waals surface area contributed by atoms with Gasteiger partial charge in [-0.3, -0.25) is 0 Å². The first-order valence-corrected chi connectivity index (χ1v) is 25.2. The van der Waals surface area contributed by atoms with Crippen LogP contribution in [-0.2, 0) is 59.8 Å². The number of benzene rings is 6. The first kappa shape index (κ1) is 38.4. The summed E-state index contributed by atoms with van der Waals surface area (Å²) in [5.74, 6) is 0. The third-order valence-corrected chi connectivity index (χ3v) is 20.9. The summed E-state index contributed by atoms with van der Waals surface area (Å²) >= 11 is -2.58. The quantitative estimate of drug-likeness (QED) is 0.0855. The molecule has 2 aliphatic carbocycles. The molecule has 8 rings (SSSR count). The van der Waals surface area contributed by atoms with E-state index in [4.69, 9.17) is 0 Å². The van der Waals surface area contributed by atoms with Crippen LogP contribution >= 0.6 is 0 Å². The summed E-state index contributed by atoms with van der Waals surface area (Å²) in [4.78, 5) is 0. The second kappa shape index (κ2) is 18.7. The first-order chi connectivity index (χ1) is 27.6. The minimum absolute atomic E-state index is 0.485. The van der Waals surface area contributed by atoms with E-state index in [1.807, 2.05) is 3.21 Å². The molecule has 0 aliphatic heterocycles. The maximum atomic E-state index is 2.66. The normalized spacial score (nSPS) is 13.2. The maximum absolute atomic E-state index is 2.66. The molecule has 6 aromatic carbocycles. The Hall–Kier alpha value is -4.45. The van der Waals surface area contributed by atoms with E-state index < -0.39 is 21.3 Å². The molecule has 56 heavy (non-hydrogen) atoms. The van der Waals surface area contributed by atoms with Gasteiger partial charge in [0.15, 0.2) is 0 Å². The Morgan fingerprint density at radius 2 is 0.821 bits per heavy atom. The molecule has 0 fully saturated rings. The molecule has 0 unspecified atom stereocenters. The van der Waals surface area contributed by atoms with Crippen LogP contribution in [-0.4, -0.2) is 3.21 Å². The van der Waals surface area contributed by atoms with Gasteiger partial charge < -0.3 is 0 Å².